The van der Waals surface area contributed by atoms with E-state index >= 15 is 0 Å². The summed E-state index contributed by atoms with van der Waals surface area (Å²) >= 11 is 0. The molecule has 2 atom stereocenters. The van der Waals surface area contributed by atoms with Gasteiger partial charge in [0.1, 0.15) is 6.26 Å². The zero-order chi connectivity index (χ0) is 17.4. The third-order valence-corrected chi connectivity index (χ3v) is 4.73. The van der Waals surface area contributed by atoms with E-state index in [1.807, 2.05) is 30.3 Å². The molecular weight excluding hydrogens is 320 g/mol. The molecule has 5 nitrogen and oxygen atoms in total. The molecule has 2 aromatic rings. The summed E-state index contributed by atoms with van der Waals surface area (Å²) in [5.74, 6) is -1.13. The van der Waals surface area contributed by atoms with Gasteiger partial charge in [0.15, 0.2) is 17.0 Å². The third-order valence-electron chi connectivity index (χ3n) is 4.73. The van der Waals surface area contributed by atoms with Crippen molar-refractivity contribution < 1.29 is 24.2 Å². The van der Waals surface area contributed by atoms with E-state index < -0.39 is 17.7 Å². The van der Waals surface area contributed by atoms with Crippen LogP contribution in [0.15, 0.2) is 66.6 Å². The normalized spacial score (nSPS) is 24.2. The minimum Gasteiger partial charge on any atom is -0.480 e. The van der Waals surface area contributed by atoms with Crippen molar-refractivity contribution in [3.8, 4) is 0 Å². The molecule has 2 aliphatic rings. The standard InChI is InChI=1S/C20H16O5/c21-16-11-20(19(22)23,15-9-5-4-8-14(15)16)17-12-24-18(25-17)10-13-6-2-1-3-7-13/h1-9,12,18H,10-11H2,(H,22,23). The molecule has 1 N–H and O–H groups in total. The Balaban J connectivity index is 1.64. The van der Waals surface area contributed by atoms with E-state index in [0.717, 1.165) is 5.56 Å². The first-order chi connectivity index (χ1) is 12.1. The fourth-order valence-corrected chi connectivity index (χ4v) is 3.48. The Bertz CT molecular complexity index is 871. The average molecular weight is 336 g/mol. The van der Waals surface area contributed by atoms with Crippen LogP contribution in [0.4, 0.5) is 0 Å². The molecule has 4 rings (SSSR count). The number of carbonyl (C=O) groups is 2. The second kappa shape index (κ2) is 5.77. The van der Waals surface area contributed by atoms with E-state index in [1.165, 1.54) is 6.26 Å². The number of ether oxygens (including phenoxy) is 2. The second-order valence-electron chi connectivity index (χ2n) is 6.21. The van der Waals surface area contributed by atoms with Gasteiger partial charge in [0.25, 0.3) is 0 Å². The van der Waals surface area contributed by atoms with Gasteiger partial charge in [-0.25, -0.2) is 0 Å². The van der Waals surface area contributed by atoms with Crippen LogP contribution < -0.4 is 0 Å². The molecule has 0 saturated carbocycles. The minimum absolute atomic E-state index is 0.158. The first-order valence-corrected chi connectivity index (χ1v) is 8.04. The van der Waals surface area contributed by atoms with Crippen LogP contribution in [0.3, 0.4) is 0 Å². The summed E-state index contributed by atoms with van der Waals surface area (Å²) in [5.41, 5.74) is 0.400. The lowest BCUT2D eigenvalue weighted by atomic mass is 9.80. The number of ketones is 1. The van der Waals surface area contributed by atoms with Crippen molar-refractivity contribution in [2.24, 2.45) is 0 Å². The molecule has 1 heterocycles. The van der Waals surface area contributed by atoms with Gasteiger partial charge in [0.05, 0.1) is 0 Å². The molecule has 0 bridgehead atoms. The lowest BCUT2D eigenvalue weighted by Crippen LogP contribution is -2.37. The predicted octanol–water partition coefficient (Wildman–Crippen LogP) is 3.05. The van der Waals surface area contributed by atoms with E-state index in [-0.39, 0.29) is 18.0 Å². The van der Waals surface area contributed by atoms with E-state index in [1.54, 1.807) is 24.3 Å². The molecule has 5 heteroatoms. The fourth-order valence-electron chi connectivity index (χ4n) is 3.48. The summed E-state index contributed by atoms with van der Waals surface area (Å²) in [4.78, 5) is 24.5. The number of benzene rings is 2. The van der Waals surface area contributed by atoms with Crippen molar-refractivity contribution in [2.75, 3.05) is 0 Å². The topological polar surface area (TPSA) is 72.8 Å². The second-order valence-corrected chi connectivity index (χ2v) is 6.21. The van der Waals surface area contributed by atoms with E-state index in [0.29, 0.717) is 17.5 Å². The highest BCUT2D eigenvalue weighted by molar-refractivity contribution is 6.09. The van der Waals surface area contributed by atoms with Gasteiger partial charge in [-0.15, -0.1) is 0 Å². The molecule has 0 aromatic heterocycles. The molecule has 25 heavy (non-hydrogen) atoms. The van der Waals surface area contributed by atoms with Gasteiger partial charge < -0.3 is 14.6 Å². The molecular formula is C20H16O5. The average Bonchev–Trinajstić information content (AvgIpc) is 3.20. The lowest BCUT2D eigenvalue weighted by Gasteiger charge is -2.25. The highest BCUT2D eigenvalue weighted by Gasteiger charge is 2.55. The van der Waals surface area contributed by atoms with Crippen molar-refractivity contribution in [1.82, 2.24) is 0 Å². The van der Waals surface area contributed by atoms with E-state index in [2.05, 4.69) is 0 Å². The molecule has 0 fully saturated rings. The number of aliphatic carboxylic acids is 1. The zero-order valence-electron chi connectivity index (χ0n) is 13.3. The zero-order valence-corrected chi connectivity index (χ0v) is 13.3. The van der Waals surface area contributed by atoms with E-state index in [4.69, 9.17) is 9.47 Å². The minimum atomic E-state index is -1.51. The fraction of sp³-hybridized carbons (Fsp3) is 0.200. The first kappa shape index (κ1) is 15.4. The molecule has 2 unspecified atom stereocenters. The van der Waals surface area contributed by atoms with Crippen molar-refractivity contribution in [3.63, 3.8) is 0 Å². The molecule has 1 aliphatic carbocycles. The van der Waals surface area contributed by atoms with Crippen LogP contribution in [0.2, 0.25) is 0 Å². The van der Waals surface area contributed by atoms with Gasteiger partial charge in [-0.05, 0) is 11.1 Å². The summed E-state index contributed by atoms with van der Waals surface area (Å²) in [6.45, 7) is 0. The number of fused-ring (bicyclic) bond motifs is 1. The molecule has 2 aromatic carbocycles. The first-order valence-electron chi connectivity index (χ1n) is 8.04. The number of hydrogen-bond donors (Lipinski definition) is 1. The third kappa shape index (κ3) is 2.39. The van der Waals surface area contributed by atoms with Crippen molar-refractivity contribution in [1.29, 1.82) is 0 Å². The highest BCUT2D eigenvalue weighted by Crippen LogP contribution is 2.46. The van der Waals surface area contributed by atoms with Gasteiger partial charge in [-0.3, -0.25) is 9.59 Å². The van der Waals surface area contributed by atoms with Crippen LogP contribution in [-0.2, 0) is 26.1 Å². The molecule has 0 amide bonds. The maximum absolute atomic E-state index is 12.3. The lowest BCUT2D eigenvalue weighted by molar-refractivity contribution is -0.144. The summed E-state index contributed by atoms with van der Waals surface area (Å²) in [5, 5.41) is 9.94. The van der Waals surface area contributed by atoms with Crippen molar-refractivity contribution in [2.45, 2.75) is 24.5 Å². The van der Waals surface area contributed by atoms with Crippen molar-refractivity contribution in [3.05, 3.63) is 83.3 Å². The Morgan fingerprint density at radius 2 is 1.84 bits per heavy atom. The van der Waals surface area contributed by atoms with Crippen molar-refractivity contribution >= 4 is 11.8 Å². The van der Waals surface area contributed by atoms with Crippen LogP contribution in [0, 0.1) is 0 Å². The van der Waals surface area contributed by atoms with E-state index in [9.17, 15) is 14.7 Å². The van der Waals surface area contributed by atoms with Gasteiger partial charge in [0.2, 0.25) is 6.29 Å². The molecule has 0 saturated heterocycles. The SMILES string of the molecule is O=C1CC(C(=O)O)(C2=COC(Cc3ccccc3)O2)c2ccccc21. The Morgan fingerprint density at radius 3 is 2.60 bits per heavy atom. The van der Waals surface area contributed by atoms with Gasteiger partial charge in [-0.2, -0.15) is 0 Å². The predicted molar refractivity (Wildman–Crippen MR) is 88.9 cm³/mol. The van der Waals surface area contributed by atoms with Gasteiger partial charge in [-0.1, -0.05) is 54.6 Å². The Hall–Kier alpha value is -3.08. The summed E-state index contributed by atoms with van der Waals surface area (Å²) in [7, 11) is 0. The van der Waals surface area contributed by atoms with Crippen LogP contribution in [0.5, 0.6) is 0 Å². The molecule has 1 aliphatic heterocycles. The number of carboxylic acid groups (broad SMARTS) is 1. The largest absolute Gasteiger partial charge is 0.480 e. The highest BCUT2D eigenvalue weighted by atomic mass is 16.7. The van der Waals surface area contributed by atoms with Gasteiger partial charge in [0, 0.05) is 18.4 Å². The number of rotatable bonds is 4. The van der Waals surface area contributed by atoms with Crippen LogP contribution in [-0.4, -0.2) is 23.1 Å². The maximum atomic E-state index is 12.3. The summed E-state index contributed by atoms with van der Waals surface area (Å²) in [6.07, 6.45) is 1.08. The van der Waals surface area contributed by atoms with Gasteiger partial charge >= 0.3 is 5.97 Å². The molecule has 0 spiro atoms. The number of carbonyl (C=O) groups excluding carboxylic acids is 1. The number of carboxylic acids is 1. The number of Topliss-reactive ketones (excluding diaryl/α,β-unsaturated/α-hetero) is 1. The monoisotopic (exact) mass is 336 g/mol. The Labute approximate surface area is 144 Å². The summed E-state index contributed by atoms with van der Waals surface area (Å²) < 4.78 is 11.4. The maximum Gasteiger partial charge on any atom is 0.322 e. The summed E-state index contributed by atoms with van der Waals surface area (Å²) in [6, 6.07) is 16.4. The van der Waals surface area contributed by atoms with Crippen LogP contribution >= 0.6 is 0 Å². The van der Waals surface area contributed by atoms with Crippen LogP contribution in [0.1, 0.15) is 27.9 Å². The smallest absolute Gasteiger partial charge is 0.322 e. The quantitative estimate of drug-likeness (QED) is 0.929. The Kier molecular flexibility index (Phi) is 3.57. The van der Waals surface area contributed by atoms with Crippen LogP contribution in [0.25, 0.3) is 0 Å². The molecule has 126 valence electrons. The Morgan fingerprint density at radius 1 is 1.12 bits per heavy atom. The number of hydrogen-bond acceptors (Lipinski definition) is 4. The molecule has 0 radical (unpaired) electrons.